The zero-order valence-corrected chi connectivity index (χ0v) is 15.4. The minimum atomic E-state index is -2.69. The lowest BCUT2D eigenvalue weighted by Gasteiger charge is -2.28. The Balaban J connectivity index is 2.08. The van der Waals surface area contributed by atoms with Gasteiger partial charge in [-0.3, -0.25) is 0 Å². The Kier molecular flexibility index (Phi) is 6.67. The topological polar surface area (TPSA) is 71.1 Å². The first kappa shape index (κ1) is 18.8. The van der Waals surface area contributed by atoms with Crippen molar-refractivity contribution in [1.82, 2.24) is 0 Å². The molecule has 1 aliphatic rings. The van der Waals surface area contributed by atoms with Gasteiger partial charge in [-0.25, -0.2) is 9.59 Å². The zero-order chi connectivity index (χ0) is 17.6. The summed E-state index contributed by atoms with van der Waals surface area (Å²) in [6.45, 7) is 7.37. The summed E-state index contributed by atoms with van der Waals surface area (Å²) in [6, 6.07) is 5.90. The molecule has 2 rings (SSSR count). The molecule has 0 unspecified atom stereocenters. The summed E-state index contributed by atoms with van der Waals surface area (Å²) in [5.74, 6) is -1.13. The van der Waals surface area contributed by atoms with Crippen molar-refractivity contribution in [2.45, 2.75) is 39.7 Å². The maximum absolute atomic E-state index is 11.9. The third-order valence-electron chi connectivity index (χ3n) is 3.78. The van der Waals surface area contributed by atoms with Crippen LogP contribution in [0.5, 0.6) is 0 Å². The average molecular weight is 352 g/mol. The van der Waals surface area contributed by atoms with Gasteiger partial charge in [0, 0.05) is 25.9 Å². The van der Waals surface area contributed by atoms with E-state index in [1.165, 1.54) is 0 Å². The van der Waals surface area contributed by atoms with Gasteiger partial charge in [0.05, 0.1) is 11.1 Å². The van der Waals surface area contributed by atoms with Gasteiger partial charge in [-0.2, -0.15) is 0 Å². The van der Waals surface area contributed by atoms with Crippen molar-refractivity contribution in [2.75, 3.05) is 19.8 Å². The van der Waals surface area contributed by atoms with Crippen LogP contribution in [0.2, 0.25) is 6.04 Å². The molecule has 0 spiro atoms. The first-order valence-electron chi connectivity index (χ1n) is 8.37. The molecule has 0 aliphatic carbocycles. The molecule has 1 aliphatic heterocycles. The molecular weight excluding hydrogens is 328 g/mol. The number of rotatable bonds is 10. The Labute approximate surface area is 143 Å². The molecule has 0 amide bonds. The van der Waals surface area contributed by atoms with Gasteiger partial charge in [0.2, 0.25) is 0 Å². The number of cyclic esters (lactones) is 2. The molecular formula is C17H24O6Si. The van der Waals surface area contributed by atoms with Crippen molar-refractivity contribution in [3.63, 3.8) is 0 Å². The number of ether oxygens (including phenoxy) is 1. The molecule has 7 heteroatoms. The zero-order valence-electron chi connectivity index (χ0n) is 14.4. The van der Waals surface area contributed by atoms with Gasteiger partial charge >= 0.3 is 20.7 Å². The number of benzene rings is 1. The van der Waals surface area contributed by atoms with Crippen LogP contribution < -0.4 is 0 Å². The quantitative estimate of drug-likeness (QED) is 0.366. The highest BCUT2D eigenvalue weighted by Gasteiger charge is 2.40. The molecule has 0 fully saturated rings. The van der Waals surface area contributed by atoms with E-state index in [-0.39, 0.29) is 0 Å². The molecule has 0 saturated heterocycles. The Morgan fingerprint density at radius 1 is 0.958 bits per heavy atom. The molecule has 1 aromatic carbocycles. The van der Waals surface area contributed by atoms with Crippen LogP contribution >= 0.6 is 0 Å². The highest BCUT2D eigenvalue weighted by molar-refractivity contribution is 6.60. The van der Waals surface area contributed by atoms with Crippen LogP contribution in [0.25, 0.3) is 0 Å². The predicted molar refractivity (Wildman–Crippen MR) is 89.9 cm³/mol. The van der Waals surface area contributed by atoms with Crippen molar-refractivity contribution in [2.24, 2.45) is 0 Å². The van der Waals surface area contributed by atoms with Crippen LogP contribution in [0, 0.1) is 0 Å². The number of fused-ring (bicyclic) bond motifs is 1. The standard InChI is InChI=1S/C17H24O6Si/c1-4-20-24(21-5-2,22-6-3)12-8-10-13-9-7-11-14-15(13)17(19)23-16(14)18/h7,9,11H,4-6,8,10,12H2,1-3H3. The number of hydrogen-bond donors (Lipinski definition) is 0. The summed E-state index contributed by atoms with van der Waals surface area (Å²) < 4.78 is 22.2. The maximum atomic E-state index is 11.9. The predicted octanol–water partition coefficient (Wildman–Crippen LogP) is 2.98. The van der Waals surface area contributed by atoms with E-state index in [0.29, 0.717) is 43.4 Å². The number of hydrogen-bond acceptors (Lipinski definition) is 6. The van der Waals surface area contributed by atoms with E-state index < -0.39 is 20.7 Å². The van der Waals surface area contributed by atoms with Gasteiger partial charge in [0.15, 0.2) is 0 Å². The number of aryl methyl sites for hydroxylation is 1. The molecule has 0 N–H and O–H groups in total. The van der Waals surface area contributed by atoms with Gasteiger partial charge in [0.1, 0.15) is 0 Å². The van der Waals surface area contributed by atoms with Gasteiger partial charge in [0.25, 0.3) is 0 Å². The molecule has 132 valence electrons. The fraction of sp³-hybridized carbons (Fsp3) is 0.529. The largest absolute Gasteiger partial charge is 0.500 e. The van der Waals surface area contributed by atoms with Crippen LogP contribution in [0.4, 0.5) is 0 Å². The summed E-state index contributed by atoms with van der Waals surface area (Å²) in [6.07, 6.45) is 1.37. The summed E-state index contributed by atoms with van der Waals surface area (Å²) in [7, 11) is -2.69. The monoisotopic (exact) mass is 352 g/mol. The fourth-order valence-corrected chi connectivity index (χ4v) is 5.52. The molecule has 1 aromatic rings. The van der Waals surface area contributed by atoms with Crippen LogP contribution in [0.3, 0.4) is 0 Å². The lowest BCUT2D eigenvalue weighted by atomic mass is 9.99. The van der Waals surface area contributed by atoms with E-state index in [9.17, 15) is 9.59 Å². The Hall–Kier alpha value is -1.54. The van der Waals surface area contributed by atoms with Crippen molar-refractivity contribution in [1.29, 1.82) is 0 Å². The first-order chi connectivity index (χ1) is 11.6. The Morgan fingerprint density at radius 3 is 2.17 bits per heavy atom. The summed E-state index contributed by atoms with van der Waals surface area (Å²) in [4.78, 5) is 23.5. The minimum absolute atomic E-state index is 0.348. The summed E-state index contributed by atoms with van der Waals surface area (Å²) >= 11 is 0. The number of carbonyl (C=O) groups is 2. The maximum Gasteiger partial charge on any atom is 0.500 e. The Bertz CT molecular complexity index is 584. The molecule has 24 heavy (non-hydrogen) atoms. The smallest absolute Gasteiger partial charge is 0.386 e. The average Bonchev–Trinajstić information content (AvgIpc) is 2.84. The molecule has 0 radical (unpaired) electrons. The van der Waals surface area contributed by atoms with Crippen LogP contribution in [0.15, 0.2) is 18.2 Å². The van der Waals surface area contributed by atoms with E-state index in [0.717, 1.165) is 12.0 Å². The molecule has 6 nitrogen and oxygen atoms in total. The normalized spacial score (nSPS) is 14.0. The highest BCUT2D eigenvalue weighted by atomic mass is 28.4. The minimum Gasteiger partial charge on any atom is -0.386 e. The van der Waals surface area contributed by atoms with Crippen LogP contribution in [-0.2, 0) is 24.4 Å². The second-order valence-electron chi connectivity index (χ2n) is 5.35. The van der Waals surface area contributed by atoms with E-state index in [4.69, 9.17) is 18.0 Å². The summed E-state index contributed by atoms with van der Waals surface area (Å²) in [5.41, 5.74) is 1.55. The number of esters is 2. The first-order valence-corrected chi connectivity index (χ1v) is 10.3. The van der Waals surface area contributed by atoms with Crippen LogP contribution in [0.1, 0.15) is 53.5 Å². The van der Waals surface area contributed by atoms with Crippen LogP contribution in [-0.4, -0.2) is 40.6 Å². The molecule has 0 bridgehead atoms. The van der Waals surface area contributed by atoms with Gasteiger partial charge in [-0.05, 0) is 45.2 Å². The molecule has 0 saturated carbocycles. The SMILES string of the molecule is CCO[Si](CCCc1cccc2c1C(=O)OC2=O)(OCC)OCC. The lowest BCUT2D eigenvalue weighted by molar-refractivity contribution is 0.0443. The van der Waals surface area contributed by atoms with E-state index >= 15 is 0 Å². The van der Waals surface area contributed by atoms with Gasteiger partial charge in [-0.1, -0.05) is 12.1 Å². The third kappa shape index (κ3) is 4.10. The van der Waals surface area contributed by atoms with E-state index in [1.54, 1.807) is 12.1 Å². The third-order valence-corrected chi connectivity index (χ3v) is 6.93. The Morgan fingerprint density at radius 2 is 1.58 bits per heavy atom. The van der Waals surface area contributed by atoms with E-state index in [1.807, 2.05) is 26.8 Å². The van der Waals surface area contributed by atoms with Crippen molar-refractivity contribution < 1.29 is 27.6 Å². The second kappa shape index (κ2) is 8.52. The van der Waals surface area contributed by atoms with Crippen molar-refractivity contribution in [3.05, 3.63) is 34.9 Å². The number of carbonyl (C=O) groups excluding carboxylic acids is 2. The van der Waals surface area contributed by atoms with Gasteiger partial charge < -0.3 is 18.0 Å². The fourth-order valence-electron chi connectivity index (χ4n) is 2.91. The van der Waals surface area contributed by atoms with Crippen molar-refractivity contribution >= 4 is 20.7 Å². The molecule has 0 atom stereocenters. The van der Waals surface area contributed by atoms with Crippen molar-refractivity contribution in [3.8, 4) is 0 Å². The van der Waals surface area contributed by atoms with Gasteiger partial charge in [-0.15, -0.1) is 0 Å². The molecule has 0 aromatic heterocycles. The lowest BCUT2D eigenvalue weighted by Crippen LogP contribution is -2.46. The highest BCUT2D eigenvalue weighted by Crippen LogP contribution is 2.26. The van der Waals surface area contributed by atoms with E-state index in [2.05, 4.69) is 0 Å². The second-order valence-corrected chi connectivity index (χ2v) is 8.08. The molecule has 1 heterocycles. The summed E-state index contributed by atoms with van der Waals surface area (Å²) in [5, 5.41) is 0.